The zero-order chi connectivity index (χ0) is 29.0. The van der Waals surface area contributed by atoms with Gasteiger partial charge in [0, 0.05) is 25.6 Å². The molecule has 5 rings (SSSR count). The molecule has 1 spiro atoms. The summed E-state index contributed by atoms with van der Waals surface area (Å²) in [4.78, 5) is 32.2. The standard InChI is InChI=1S/C30H46FN7O3/c1-37(2)29(40)20-10-12-22(13-11-20)41-23-14-17-34-30(15-8-6-4-3-5-7-9-16-30)25(23)35-28(39)24-26(32)36-38-19-21(31)18-33-27(24)38/h18-20,22-23,25,34H,3-17H2,1-2H3,(H2,32,36)(H,35,39). The highest BCUT2D eigenvalue weighted by atomic mass is 19.1. The molecule has 3 heterocycles. The zero-order valence-corrected chi connectivity index (χ0v) is 24.5. The third kappa shape index (κ3) is 6.66. The molecular formula is C30H46FN7O3. The van der Waals surface area contributed by atoms with Crippen molar-refractivity contribution in [1.82, 2.24) is 30.1 Å². The van der Waals surface area contributed by atoms with Gasteiger partial charge in [0.15, 0.2) is 17.3 Å². The molecule has 2 atom stereocenters. The number of piperidine rings is 1. The Morgan fingerprint density at radius 2 is 1.73 bits per heavy atom. The van der Waals surface area contributed by atoms with E-state index in [1.807, 2.05) is 14.1 Å². The molecule has 226 valence electrons. The molecule has 2 unspecified atom stereocenters. The number of amides is 2. The lowest BCUT2D eigenvalue weighted by molar-refractivity contribution is -0.136. The van der Waals surface area contributed by atoms with Crippen molar-refractivity contribution in [3.8, 4) is 0 Å². The molecule has 11 heteroatoms. The minimum atomic E-state index is -0.556. The van der Waals surface area contributed by atoms with Crippen LogP contribution in [0.2, 0.25) is 0 Å². The summed E-state index contributed by atoms with van der Waals surface area (Å²) in [6.45, 7) is 0.825. The number of nitrogens with one attached hydrogen (secondary N) is 2. The van der Waals surface area contributed by atoms with Crippen LogP contribution >= 0.6 is 0 Å². The predicted molar refractivity (Wildman–Crippen MR) is 155 cm³/mol. The summed E-state index contributed by atoms with van der Waals surface area (Å²) in [5.41, 5.74) is 6.26. The number of nitrogens with two attached hydrogens (primary N) is 1. The van der Waals surface area contributed by atoms with Crippen LogP contribution in [0.4, 0.5) is 10.2 Å². The van der Waals surface area contributed by atoms with Gasteiger partial charge < -0.3 is 26.0 Å². The molecule has 41 heavy (non-hydrogen) atoms. The van der Waals surface area contributed by atoms with Gasteiger partial charge in [0.05, 0.1) is 30.6 Å². The maximum absolute atomic E-state index is 13.9. The first kappa shape index (κ1) is 29.7. The van der Waals surface area contributed by atoms with Gasteiger partial charge in [0.25, 0.3) is 5.91 Å². The van der Waals surface area contributed by atoms with Crippen LogP contribution in [-0.4, -0.2) is 75.7 Å². The van der Waals surface area contributed by atoms with Gasteiger partial charge in [-0.2, -0.15) is 0 Å². The average Bonchev–Trinajstić information content (AvgIpc) is 3.28. The van der Waals surface area contributed by atoms with E-state index in [2.05, 4.69) is 20.7 Å². The number of halogens is 1. The molecule has 3 fully saturated rings. The number of rotatable bonds is 5. The second-order valence-electron chi connectivity index (χ2n) is 12.5. The number of nitrogens with zero attached hydrogens (tertiary/aromatic N) is 4. The van der Waals surface area contributed by atoms with Crippen molar-refractivity contribution in [3.05, 3.63) is 23.8 Å². The van der Waals surface area contributed by atoms with Gasteiger partial charge in [-0.25, -0.2) is 13.9 Å². The molecule has 4 N–H and O–H groups in total. The Morgan fingerprint density at radius 3 is 2.39 bits per heavy atom. The number of ether oxygens (including phenoxy) is 1. The topological polar surface area (TPSA) is 127 Å². The summed E-state index contributed by atoms with van der Waals surface area (Å²) in [7, 11) is 3.63. The van der Waals surface area contributed by atoms with E-state index in [0.717, 1.165) is 70.5 Å². The van der Waals surface area contributed by atoms with Crippen molar-refractivity contribution in [3.63, 3.8) is 0 Å². The summed E-state index contributed by atoms with van der Waals surface area (Å²) in [5, 5.41) is 11.3. The van der Waals surface area contributed by atoms with Crippen LogP contribution in [0.15, 0.2) is 12.4 Å². The third-order valence-corrected chi connectivity index (χ3v) is 9.43. The van der Waals surface area contributed by atoms with Crippen molar-refractivity contribution >= 4 is 23.3 Å². The van der Waals surface area contributed by atoms with Gasteiger partial charge in [0.2, 0.25) is 5.91 Å². The Kier molecular flexibility index (Phi) is 9.43. The highest BCUT2D eigenvalue weighted by Gasteiger charge is 2.47. The monoisotopic (exact) mass is 571 g/mol. The summed E-state index contributed by atoms with van der Waals surface area (Å²) in [6, 6.07) is -0.279. The Balaban J connectivity index is 1.39. The van der Waals surface area contributed by atoms with Crippen molar-refractivity contribution in [2.45, 2.75) is 114 Å². The molecule has 3 aliphatic rings. The molecule has 1 saturated heterocycles. The second-order valence-corrected chi connectivity index (χ2v) is 12.5. The number of aromatic nitrogens is 3. The number of fused-ring (bicyclic) bond motifs is 1. The van der Waals surface area contributed by atoms with Crippen LogP contribution in [0.3, 0.4) is 0 Å². The molecule has 1 aliphatic heterocycles. The maximum Gasteiger partial charge on any atom is 0.259 e. The molecule has 0 radical (unpaired) electrons. The van der Waals surface area contributed by atoms with Crippen molar-refractivity contribution in [1.29, 1.82) is 0 Å². The molecule has 2 saturated carbocycles. The number of hydrogen-bond acceptors (Lipinski definition) is 7. The normalized spacial score (nSPS) is 27.4. The van der Waals surface area contributed by atoms with Crippen LogP contribution in [0.1, 0.15) is 100 Å². The highest BCUT2D eigenvalue weighted by Crippen LogP contribution is 2.37. The lowest BCUT2D eigenvalue weighted by Crippen LogP contribution is -2.69. The van der Waals surface area contributed by atoms with E-state index in [-0.39, 0.29) is 58.5 Å². The minimum absolute atomic E-state index is 0.0192. The van der Waals surface area contributed by atoms with Gasteiger partial charge in [0.1, 0.15) is 5.56 Å². The molecule has 10 nitrogen and oxygen atoms in total. The van der Waals surface area contributed by atoms with Gasteiger partial charge in [-0.15, -0.1) is 5.10 Å². The highest BCUT2D eigenvalue weighted by molar-refractivity contribution is 6.04. The molecular weight excluding hydrogens is 525 g/mol. The quantitative estimate of drug-likeness (QED) is 0.498. The van der Waals surface area contributed by atoms with Gasteiger partial charge in [-0.1, -0.05) is 44.9 Å². The van der Waals surface area contributed by atoms with Crippen LogP contribution in [0.25, 0.3) is 5.65 Å². The van der Waals surface area contributed by atoms with Gasteiger partial charge in [-0.3, -0.25) is 9.59 Å². The zero-order valence-electron chi connectivity index (χ0n) is 24.5. The van der Waals surface area contributed by atoms with Crippen molar-refractivity contribution in [2.24, 2.45) is 5.92 Å². The molecule has 0 aromatic carbocycles. The number of anilines is 1. The van der Waals surface area contributed by atoms with E-state index in [1.54, 1.807) is 4.90 Å². The molecule has 2 aromatic heterocycles. The number of hydrogen-bond donors (Lipinski definition) is 3. The van der Waals surface area contributed by atoms with Crippen LogP contribution in [-0.2, 0) is 9.53 Å². The van der Waals surface area contributed by atoms with E-state index in [4.69, 9.17) is 10.5 Å². The van der Waals surface area contributed by atoms with E-state index in [9.17, 15) is 14.0 Å². The van der Waals surface area contributed by atoms with E-state index in [1.165, 1.54) is 42.8 Å². The number of carbonyl (C=O) groups excluding carboxylic acids is 2. The minimum Gasteiger partial charge on any atom is -0.381 e. The summed E-state index contributed by atoms with van der Waals surface area (Å²) < 4.78 is 21.9. The Morgan fingerprint density at radius 1 is 1.07 bits per heavy atom. The summed E-state index contributed by atoms with van der Waals surface area (Å²) in [5.74, 6) is -0.662. The fourth-order valence-corrected chi connectivity index (χ4v) is 7.27. The fraction of sp³-hybridized carbons (Fsp3) is 0.733. The third-order valence-electron chi connectivity index (χ3n) is 9.43. The first-order valence-electron chi connectivity index (χ1n) is 15.5. The van der Waals surface area contributed by atoms with E-state index < -0.39 is 5.82 Å². The van der Waals surface area contributed by atoms with Gasteiger partial charge >= 0.3 is 0 Å². The first-order chi connectivity index (χ1) is 19.8. The average molecular weight is 572 g/mol. The smallest absolute Gasteiger partial charge is 0.259 e. The Labute approximate surface area is 242 Å². The SMILES string of the molecule is CN(C)C(=O)C1CCC(OC2CCNC3(CCCCCCCCC3)C2NC(=O)c2c(N)nn3cc(F)cnc23)CC1. The van der Waals surface area contributed by atoms with E-state index in [0.29, 0.717) is 0 Å². The Hall–Kier alpha value is -2.79. The Bertz CT molecular complexity index is 1200. The number of carbonyl (C=O) groups is 2. The van der Waals surface area contributed by atoms with E-state index >= 15 is 0 Å². The molecule has 2 aromatic rings. The molecule has 0 bridgehead atoms. The lowest BCUT2D eigenvalue weighted by Gasteiger charge is -2.50. The predicted octanol–water partition coefficient (Wildman–Crippen LogP) is 3.84. The molecule has 2 amide bonds. The van der Waals surface area contributed by atoms with Crippen LogP contribution in [0.5, 0.6) is 0 Å². The van der Waals surface area contributed by atoms with Crippen LogP contribution in [0, 0.1) is 11.7 Å². The van der Waals surface area contributed by atoms with Crippen LogP contribution < -0.4 is 16.4 Å². The van der Waals surface area contributed by atoms with Crippen molar-refractivity contribution in [2.75, 3.05) is 26.4 Å². The number of nitrogen functional groups attached to an aromatic ring is 1. The largest absolute Gasteiger partial charge is 0.381 e. The van der Waals surface area contributed by atoms with Gasteiger partial charge in [-0.05, 0) is 51.5 Å². The summed E-state index contributed by atoms with van der Waals surface area (Å²) >= 11 is 0. The maximum atomic E-state index is 13.9. The second kappa shape index (κ2) is 13.0. The first-order valence-corrected chi connectivity index (χ1v) is 15.5. The molecule has 2 aliphatic carbocycles. The van der Waals surface area contributed by atoms with Crippen molar-refractivity contribution < 1.29 is 18.7 Å². The fourth-order valence-electron chi connectivity index (χ4n) is 7.27. The summed E-state index contributed by atoms with van der Waals surface area (Å²) in [6.07, 6.45) is 16.4. The lowest BCUT2D eigenvalue weighted by atomic mass is 9.73.